The molecule has 8 heteroatoms. The van der Waals surface area contributed by atoms with Crippen molar-refractivity contribution in [2.45, 2.75) is 11.5 Å². The third-order valence-electron chi connectivity index (χ3n) is 1.30. The van der Waals surface area contributed by atoms with Crippen molar-refractivity contribution in [2.24, 2.45) is 5.14 Å². The molecule has 1 aromatic heterocycles. The molecule has 0 amide bonds. The molecule has 78 valence electrons. The largest absolute Gasteiger partial charge is 0.280 e. The molecule has 0 radical (unpaired) electrons. The Morgan fingerprint density at radius 3 is 2.43 bits per heavy atom. The summed E-state index contributed by atoms with van der Waals surface area (Å²) in [5.74, 6) is 0. The number of pyridine rings is 1. The first-order valence-electron chi connectivity index (χ1n) is 3.29. The molecule has 2 N–H and O–H groups in total. The maximum atomic E-state index is 12.2. The van der Waals surface area contributed by atoms with E-state index in [0.717, 1.165) is 12.1 Å². The van der Waals surface area contributed by atoms with E-state index in [9.17, 15) is 17.2 Å². The Morgan fingerprint density at radius 2 is 2.00 bits per heavy atom. The molecular weight excluding hydrogens is 282 g/mol. The molecule has 0 spiro atoms. The second-order valence-electron chi connectivity index (χ2n) is 2.39. The predicted molar refractivity (Wildman–Crippen MR) is 48.3 cm³/mol. The SMILES string of the molecule is NS(=O)(=O)c1cc(Br)cc(C(F)F)n1. The summed E-state index contributed by atoms with van der Waals surface area (Å²) in [7, 11) is -4.06. The van der Waals surface area contributed by atoms with Crippen LogP contribution in [0.2, 0.25) is 0 Å². The molecule has 0 saturated carbocycles. The van der Waals surface area contributed by atoms with Crippen molar-refractivity contribution < 1.29 is 17.2 Å². The van der Waals surface area contributed by atoms with Crippen LogP contribution in [0.1, 0.15) is 12.1 Å². The lowest BCUT2D eigenvalue weighted by Crippen LogP contribution is -2.14. The molecule has 0 saturated heterocycles. The normalized spacial score (nSPS) is 12.1. The number of hydrogen-bond donors (Lipinski definition) is 1. The molecule has 0 aliphatic rings. The monoisotopic (exact) mass is 286 g/mol. The minimum Gasteiger partial charge on any atom is -0.234 e. The molecule has 0 aliphatic carbocycles. The predicted octanol–water partition coefficient (Wildman–Crippen LogP) is 1.43. The lowest BCUT2D eigenvalue weighted by Gasteiger charge is -2.02. The van der Waals surface area contributed by atoms with Crippen molar-refractivity contribution in [1.29, 1.82) is 0 Å². The van der Waals surface area contributed by atoms with E-state index in [0.29, 0.717) is 0 Å². The fourth-order valence-electron chi connectivity index (χ4n) is 0.750. The Balaban J connectivity index is 3.35. The topological polar surface area (TPSA) is 73.1 Å². The van der Waals surface area contributed by atoms with E-state index in [4.69, 9.17) is 5.14 Å². The minimum absolute atomic E-state index is 0.187. The number of alkyl halides is 2. The van der Waals surface area contributed by atoms with Crippen LogP contribution in [0, 0.1) is 0 Å². The highest BCUT2D eigenvalue weighted by molar-refractivity contribution is 9.10. The second kappa shape index (κ2) is 3.87. The van der Waals surface area contributed by atoms with Crippen LogP contribution in [0.5, 0.6) is 0 Å². The number of hydrogen-bond acceptors (Lipinski definition) is 3. The van der Waals surface area contributed by atoms with Gasteiger partial charge in [-0.25, -0.2) is 27.3 Å². The first-order chi connectivity index (χ1) is 6.30. The van der Waals surface area contributed by atoms with Gasteiger partial charge in [-0.2, -0.15) is 0 Å². The molecule has 14 heavy (non-hydrogen) atoms. The van der Waals surface area contributed by atoms with Crippen molar-refractivity contribution >= 4 is 26.0 Å². The Bertz CT molecular complexity index is 449. The highest BCUT2D eigenvalue weighted by Gasteiger charge is 2.16. The molecule has 1 heterocycles. The average Bonchev–Trinajstić information content (AvgIpc) is 2.01. The van der Waals surface area contributed by atoms with Crippen LogP contribution in [0.25, 0.3) is 0 Å². The summed E-state index contributed by atoms with van der Waals surface area (Å²) in [5, 5.41) is 4.16. The van der Waals surface area contributed by atoms with Crippen LogP contribution in [0.4, 0.5) is 8.78 Å². The molecule has 0 aromatic carbocycles. The van der Waals surface area contributed by atoms with Gasteiger partial charge in [0.15, 0.2) is 5.03 Å². The Kier molecular flexibility index (Phi) is 3.17. The van der Waals surface area contributed by atoms with Crippen LogP contribution in [-0.2, 0) is 10.0 Å². The van der Waals surface area contributed by atoms with Gasteiger partial charge in [0.2, 0.25) is 0 Å². The number of rotatable bonds is 2. The first-order valence-corrected chi connectivity index (χ1v) is 5.63. The van der Waals surface area contributed by atoms with Crippen molar-refractivity contribution in [1.82, 2.24) is 4.98 Å². The van der Waals surface area contributed by atoms with Crippen LogP contribution < -0.4 is 5.14 Å². The zero-order valence-corrected chi connectivity index (χ0v) is 9.02. The molecule has 1 rings (SSSR count). The number of sulfonamides is 1. The van der Waals surface area contributed by atoms with Gasteiger partial charge >= 0.3 is 0 Å². The Morgan fingerprint density at radius 1 is 1.43 bits per heavy atom. The molecule has 0 unspecified atom stereocenters. The van der Waals surface area contributed by atoms with Gasteiger partial charge in [0.1, 0.15) is 5.69 Å². The van der Waals surface area contributed by atoms with Gasteiger partial charge in [0.25, 0.3) is 16.4 Å². The number of nitrogens with two attached hydrogens (primary N) is 1. The zero-order chi connectivity index (χ0) is 10.9. The van der Waals surface area contributed by atoms with E-state index < -0.39 is 27.2 Å². The maximum absolute atomic E-state index is 12.2. The molecule has 4 nitrogen and oxygen atoms in total. The fraction of sp³-hybridized carbons (Fsp3) is 0.167. The van der Waals surface area contributed by atoms with E-state index in [1.165, 1.54) is 0 Å². The van der Waals surface area contributed by atoms with Gasteiger partial charge in [0.05, 0.1) is 0 Å². The molecule has 0 aliphatic heterocycles. The quantitative estimate of drug-likeness (QED) is 0.894. The third-order valence-corrected chi connectivity index (χ3v) is 2.55. The van der Waals surface area contributed by atoms with Gasteiger partial charge < -0.3 is 0 Å². The minimum atomic E-state index is -4.06. The third kappa shape index (κ3) is 2.69. The van der Waals surface area contributed by atoms with E-state index in [-0.39, 0.29) is 4.47 Å². The van der Waals surface area contributed by atoms with E-state index >= 15 is 0 Å². The van der Waals surface area contributed by atoms with E-state index in [2.05, 4.69) is 20.9 Å². The lowest BCUT2D eigenvalue weighted by atomic mass is 10.4. The molecule has 1 aromatic rings. The van der Waals surface area contributed by atoms with E-state index in [1.54, 1.807) is 0 Å². The molecular formula is C6H5BrF2N2O2S. The van der Waals surface area contributed by atoms with Crippen LogP contribution in [0.3, 0.4) is 0 Å². The number of halogens is 3. The standard InChI is InChI=1S/C6H5BrF2N2O2S/c7-3-1-4(6(8)9)11-5(2-3)14(10,12)13/h1-2,6H,(H2,10,12,13). The highest BCUT2D eigenvalue weighted by atomic mass is 79.9. The van der Waals surface area contributed by atoms with E-state index in [1.807, 2.05) is 0 Å². The van der Waals surface area contributed by atoms with Crippen LogP contribution >= 0.6 is 15.9 Å². The molecule has 0 atom stereocenters. The average molecular weight is 287 g/mol. The molecule has 0 bridgehead atoms. The number of nitrogens with zero attached hydrogens (tertiary/aromatic N) is 1. The summed E-state index contributed by atoms with van der Waals surface area (Å²) >= 11 is 2.88. The van der Waals surface area contributed by atoms with Gasteiger partial charge in [-0.1, -0.05) is 15.9 Å². The number of primary sulfonamides is 1. The summed E-state index contributed by atoms with van der Waals surface area (Å²) in [4.78, 5) is 3.21. The zero-order valence-electron chi connectivity index (χ0n) is 6.62. The summed E-state index contributed by atoms with van der Waals surface area (Å²) in [6.45, 7) is 0. The van der Waals surface area contributed by atoms with Crippen molar-refractivity contribution in [3.8, 4) is 0 Å². The number of aromatic nitrogens is 1. The van der Waals surface area contributed by atoms with Crippen molar-refractivity contribution in [3.63, 3.8) is 0 Å². The smallest absolute Gasteiger partial charge is 0.234 e. The summed E-state index contributed by atoms with van der Waals surface area (Å²) < 4.78 is 46.2. The van der Waals surface area contributed by atoms with Gasteiger partial charge in [0, 0.05) is 4.47 Å². The maximum Gasteiger partial charge on any atom is 0.280 e. The summed E-state index contributed by atoms with van der Waals surface area (Å²) in [6.07, 6.45) is -2.84. The van der Waals surface area contributed by atoms with Crippen LogP contribution in [0.15, 0.2) is 21.6 Å². The fourth-order valence-corrected chi connectivity index (χ4v) is 1.88. The lowest BCUT2D eigenvalue weighted by molar-refractivity contribution is 0.145. The second-order valence-corrected chi connectivity index (χ2v) is 4.82. The summed E-state index contributed by atoms with van der Waals surface area (Å²) in [6, 6.07) is 2.08. The summed E-state index contributed by atoms with van der Waals surface area (Å²) in [5.41, 5.74) is -0.636. The van der Waals surface area contributed by atoms with Crippen LogP contribution in [-0.4, -0.2) is 13.4 Å². The molecule has 0 fully saturated rings. The first kappa shape index (κ1) is 11.5. The Hall–Kier alpha value is -0.600. The van der Waals surface area contributed by atoms with Crippen molar-refractivity contribution in [2.75, 3.05) is 0 Å². The van der Waals surface area contributed by atoms with Gasteiger partial charge in [-0.3, -0.25) is 0 Å². The Labute approximate surface area is 87.3 Å². The van der Waals surface area contributed by atoms with Crippen molar-refractivity contribution in [3.05, 3.63) is 22.3 Å². The van der Waals surface area contributed by atoms with Gasteiger partial charge in [-0.15, -0.1) is 0 Å². The van der Waals surface area contributed by atoms with Gasteiger partial charge in [-0.05, 0) is 12.1 Å². The highest BCUT2D eigenvalue weighted by Crippen LogP contribution is 2.22.